The highest BCUT2D eigenvalue weighted by Gasteiger charge is 2.28. The van der Waals surface area contributed by atoms with Gasteiger partial charge in [-0.3, -0.25) is 4.79 Å². The van der Waals surface area contributed by atoms with E-state index in [9.17, 15) is 4.79 Å². The molecular weight excluding hydrogens is 270 g/mol. The molecule has 4 nitrogen and oxygen atoms in total. The molecule has 1 saturated carbocycles. The van der Waals surface area contributed by atoms with Gasteiger partial charge < -0.3 is 10.3 Å². The molecule has 0 aromatic carbocycles. The summed E-state index contributed by atoms with van der Waals surface area (Å²) in [6.07, 6.45) is 6.75. The van der Waals surface area contributed by atoms with Crippen LogP contribution in [-0.2, 0) is 6.42 Å². The Morgan fingerprint density at radius 3 is 3.00 bits per heavy atom. The van der Waals surface area contributed by atoms with Gasteiger partial charge in [-0.05, 0) is 32.2 Å². The number of nitrogens with zero attached hydrogens (tertiary/aromatic N) is 1. The maximum absolute atomic E-state index is 11.7. The van der Waals surface area contributed by atoms with E-state index in [2.05, 4.69) is 29.1 Å². The second-order valence-corrected chi connectivity index (χ2v) is 6.67. The van der Waals surface area contributed by atoms with Crippen molar-refractivity contribution < 1.29 is 0 Å². The van der Waals surface area contributed by atoms with Gasteiger partial charge >= 0.3 is 0 Å². The van der Waals surface area contributed by atoms with Crippen LogP contribution in [0.2, 0.25) is 0 Å². The number of rotatable bonds is 7. The summed E-state index contributed by atoms with van der Waals surface area (Å²) in [4.78, 5) is 19.1. The molecule has 1 aromatic rings. The van der Waals surface area contributed by atoms with Gasteiger partial charge in [0.25, 0.3) is 5.56 Å². The van der Waals surface area contributed by atoms with Crippen LogP contribution >= 0.6 is 11.8 Å². The summed E-state index contributed by atoms with van der Waals surface area (Å²) >= 11 is 1.73. The average Bonchev–Trinajstić information content (AvgIpc) is 2.83. The fourth-order valence-electron chi connectivity index (χ4n) is 2.70. The van der Waals surface area contributed by atoms with Crippen LogP contribution in [0.5, 0.6) is 0 Å². The van der Waals surface area contributed by atoms with Crippen LogP contribution in [0.25, 0.3) is 0 Å². The van der Waals surface area contributed by atoms with Gasteiger partial charge in [0.2, 0.25) is 0 Å². The predicted octanol–water partition coefficient (Wildman–Crippen LogP) is 2.74. The molecule has 1 aliphatic carbocycles. The molecule has 2 rings (SSSR count). The number of aryl methyl sites for hydroxylation is 1. The van der Waals surface area contributed by atoms with Crippen molar-refractivity contribution in [1.82, 2.24) is 15.3 Å². The first-order chi connectivity index (χ1) is 9.72. The number of aromatic amines is 1. The lowest BCUT2D eigenvalue weighted by molar-refractivity contribution is 0.530. The Labute approximate surface area is 125 Å². The van der Waals surface area contributed by atoms with E-state index in [4.69, 9.17) is 0 Å². The van der Waals surface area contributed by atoms with Crippen LogP contribution in [0.15, 0.2) is 16.0 Å². The normalized spacial score (nSPS) is 22.3. The zero-order valence-corrected chi connectivity index (χ0v) is 13.3. The Balaban J connectivity index is 2.03. The first kappa shape index (κ1) is 15.6. The minimum absolute atomic E-state index is 0.0259. The van der Waals surface area contributed by atoms with E-state index in [1.807, 2.05) is 0 Å². The van der Waals surface area contributed by atoms with E-state index in [1.165, 1.54) is 19.3 Å². The second-order valence-electron chi connectivity index (χ2n) is 5.44. The van der Waals surface area contributed by atoms with Gasteiger partial charge in [-0.15, -0.1) is 0 Å². The monoisotopic (exact) mass is 295 g/mol. The van der Waals surface area contributed by atoms with Gasteiger partial charge in [0.1, 0.15) is 0 Å². The number of nitrogens with one attached hydrogen (secondary N) is 2. The van der Waals surface area contributed by atoms with Gasteiger partial charge in [-0.2, -0.15) is 0 Å². The van der Waals surface area contributed by atoms with Crippen molar-refractivity contribution in [2.45, 2.75) is 68.8 Å². The zero-order chi connectivity index (χ0) is 14.4. The van der Waals surface area contributed by atoms with Gasteiger partial charge in [-0.1, -0.05) is 38.5 Å². The molecule has 2 unspecified atom stereocenters. The standard InChI is InChI=1S/C15H25N3OS/c1-3-6-11-10-14(19)18-15(17-11)20-13-8-5-7-12(13)16-9-4-2/h10,12-13,16H,3-9H2,1-2H3,(H,17,18,19). The molecule has 1 aromatic heterocycles. The summed E-state index contributed by atoms with van der Waals surface area (Å²) in [5.74, 6) is 0. The Morgan fingerprint density at radius 1 is 1.40 bits per heavy atom. The van der Waals surface area contributed by atoms with E-state index < -0.39 is 0 Å². The SMILES string of the molecule is CCCNC1CCCC1Sc1nc(CCC)cc(=O)[nH]1. The molecular formula is C15H25N3OS. The van der Waals surface area contributed by atoms with E-state index in [0.29, 0.717) is 11.3 Å². The highest BCUT2D eigenvalue weighted by molar-refractivity contribution is 7.99. The van der Waals surface area contributed by atoms with Crippen molar-refractivity contribution in [3.8, 4) is 0 Å². The Bertz CT molecular complexity index is 474. The van der Waals surface area contributed by atoms with Crippen molar-refractivity contribution in [3.63, 3.8) is 0 Å². The number of thioether (sulfide) groups is 1. The quantitative estimate of drug-likeness (QED) is 0.759. The molecule has 112 valence electrons. The number of hydrogen-bond acceptors (Lipinski definition) is 4. The molecule has 0 amide bonds. The van der Waals surface area contributed by atoms with Crippen LogP contribution < -0.4 is 10.9 Å². The third-order valence-electron chi connectivity index (χ3n) is 3.65. The Morgan fingerprint density at radius 2 is 2.25 bits per heavy atom. The summed E-state index contributed by atoms with van der Waals surface area (Å²) < 4.78 is 0. The highest BCUT2D eigenvalue weighted by Crippen LogP contribution is 2.33. The largest absolute Gasteiger partial charge is 0.313 e. The highest BCUT2D eigenvalue weighted by atomic mass is 32.2. The lowest BCUT2D eigenvalue weighted by atomic mass is 10.2. The molecule has 0 aliphatic heterocycles. The lowest BCUT2D eigenvalue weighted by Crippen LogP contribution is -2.34. The molecule has 1 heterocycles. The second kappa shape index (κ2) is 7.84. The summed E-state index contributed by atoms with van der Waals surface area (Å²) in [6, 6.07) is 2.18. The van der Waals surface area contributed by atoms with E-state index in [-0.39, 0.29) is 5.56 Å². The van der Waals surface area contributed by atoms with Crippen molar-refractivity contribution in [2.24, 2.45) is 0 Å². The van der Waals surface area contributed by atoms with E-state index in [0.717, 1.165) is 36.7 Å². The maximum Gasteiger partial charge on any atom is 0.251 e. The van der Waals surface area contributed by atoms with Crippen LogP contribution in [-0.4, -0.2) is 27.8 Å². The summed E-state index contributed by atoms with van der Waals surface area (Å²) in [6.45, 7) is 5.37. The zero-order valence-electron chi connectivity index (χ0n) is 12.4. The minimum Gasteiger partial charge on any atom is -0.313 e. The number of H-pyrrole nitrogens is 1. The maximum atomic E-state index is 11.7. The topological polar surface area (TPSA) is 57.8 Å². The third-order valence-corrected chi connectivity index (χ3v) is 4.93. The third kappa shape index (κ3) is 4.35. The lowest BCUT2D eigenvalue weighted by Gasteiger charge is -2.19. The van der Waals surface area contributed by atoms with E-state index >= 15 is 0 Å². The molecule has 2 atom stereocenters. The molecule has 0 radical (unpaired) electrons. The molecule has 1 aliphatic rings. The van der Waals surface area contributed by atoms with Crippen molar-refractivity contribution in [3.05, 3.63) is 22.1 Å². The molecule has 0 saturated heterocycles. The Kier molecular flexibility index (Phi) is 6.10. The molecule has 2 N–H and O–H groups in total. The van der Waals surface area contributed by atoms with Crippen molar-refractivity contribution in [2.75, 3.05) is 6.54 Å². The first-order valence-corrected chi connectivity index (χ1v) is 8.61. The minimum atomic E-state index is -0.0259. The molecule has 5 heteroatoms. The molecule has 20 heavy (non-hydrogen) atoms. The Hall–Kier alpha value is -0.810. The molecule has 1 fully saturated rings. The number of hydrogen-bond donors (Lipinski definition) is 2. The number of aromatic nitrogens is 2. The van der Waals surface area contributed by atoms with Crippen molar-refractivity contribution in [1.29, 1.82) is 0 Å². The first-order valence-electron chi connectivity index (χ1n) is 7.73. The summed E-state index contributed by atoms with van der Waals surface area (Å²) in [5.41, 5.74) is 0.886. The van der Waals surface area contributed by atoms with Crippen LogP contribution in [0.1, 0.15) is 51.6 Å². The smallest absolute Gasteiger partial charge is 0.251 e. The molecule has 0 spiro atoms. The fourth-order valence-corrected chi connectivity index (χ4v) is 3.99. The average molecular weight is 295 g/mol. The molecule has 0 bridgehead atoms. The van der Waals surface area contributed by atoms with Crippen LogP contribution in [0, 0.1) is 0 Å². The van der Waals surface area contributed by atoms with E-state index in [1.54, 1.807) is 17.8 Å². The summed E-state index contributed by atoms with van der Waals surface area (Å²) in [5, 5.41) is 4.93. The van der Waals surface area contributed by atoms with Crippen LogP contribution in [0.4, 0.5) is 0 Å². The predicted molar refractivity (Wildman–Crippen MR) is 84.4 cm³/mol. The van der Waals surface area contributed by atoms with Gasteiger partial charge in [0.15, 0.2) is 5.16 Å². The van der Waals surface area contributed by atoms with Gasteiger partial charge in [-0.25, -0.2) is 4.98 Å². The fraction of sp³-hybridized carbons (Fsp3) is 0.733. The van der Waals surface area contributed by atoms with Gasteiger partial charge in [0.05, 0.1) is 0 Å². The van der Waals surface area contributed by atoms with Crippen LogP contribution in [0.3, 0.4) is 0 Å². The summed E-state index contributed by atoms with van der Waals surface area (Å²) in [7, 11) is 0. The van der Waals surface area contributed by atoms with Crippen molar-refractivity contribution >= 4 is 11.8 Å². The van der Waals surface area contributed by atoms with Gasteiger partial charge in [0, 0.05) is 23.1 Å².